The van der Waals surface area contributed by atoms with Crippen LogP contribution in [0.5, 0.6) is 0 Å². The molecule has 11 heteroatoms. The van der Waals surface area contributed by atoms with Gasteiger partial charge < -0.3 is 15.2 Å². The molecule has 1 fully saturated rings. The van der Waals surface area contributed by atoms with Crippen LogP contribution in [-0.2, 0) is 19.6 Å². The van der Waals surface area contributed by atoms with Crippen molar-refractivity contribution in [1.82, 2.24) is 9.62 Å². The molecule has 27 heavy (non-hydrogen) atoms. The Balaban J connectivity index is 1.85. The molecule has 2 N–H and O–H groups in total. The van der Waals surface area contributed by atoms with Crippen molar-refractivity contribution in [1.29, 1.82) is 0 Å². The molecule has 1 amide bonds. The second kappa shape index (κ2) is 10.9. The number of carbonyl (C=O) groups excluding carboxylic acids is 1. The first-order valence-electron chi connectivity index (χ1n) is 8.33. The van der Waals surface area contributed by atoms with Gasteiger partial charge in [0.25, 0.3) is 5.91 Å². The fourth-order valence-electron chi connectivity index (χ4n) is 2.29. The van der Waals surface area contributed by atoms with Crippen LogP contribution in [-0.4, -0.2) is 74.1 Å². The van der Waals surface area contributed by atoms with Crippen LogP contribution in [0.1, 0.15) is 16.8 Å². The van der Waals surface area contributed by atoms with Crippen molar-refractivity contribution in [2.24, 2.45) is 0 Å². The minimum atomic E-state index is -3.64. The van der Waals surface area contributed by atoms with E-state index in [0.717, 1.165) is 0 Å². The third-order valence-electron chi connectivity index (χ3n) is 3.66. The molecule has 1 aromatic carbocycles. The summed E-state index contributed by atoms with van der Waals surface area (Å²) in [5, 5.41) is 11.3. The number of hydrogen-bond acceptors (Lipinski definition) is 7. The zero-order valence-electron chi connectivity index (χ0n) is 14.6. The molecule has 1 aliphatic heterocycles. The molecule has 8 nitrogen and oxygen atoms in total. The summed E-state index contributed by atoms with van der Waals surface area (Å²) in [4.78, 5) is 22.7. The third kappa shape index (κ3) is 7.00. The number of amides is 1. The molecular weight excluding hydrogens is 412 g/mol. The highest BCUT2D eigenvalue weighted by Gasteiger charge is 2.26. The average Bonchev–Trinajstić information content (AvgIpc) is 2.67. The van der Waals surface area contributed by atoms with Gasteiger partial charge in [0.15, 0.2) is 0 Å². The van der Waals surface area contributed by atoms with Gasteiger partial charge in [0.05, 0.1) is 24.5 Å². The number of sulfonamides is 1. The summed E-state index contributed by atoms with van der Waals surface area (Å²) in [6.45, 7) is 1.73. The van der Waals surface area contributed by atoms with E-state index < -0.39 is 16.0 Å². The molecule has 0 atom stereocenters. The van der Waals surface area contributed by atoms with Crippen LogP contribution in [0.4, 0.5) is 0 Å². The van der Waals surface area contributed by atoms with Gasteiger partial charge in [0.2, 0.25) is 10.0 Å². The van der Waals surface area contributed by atoms with E-state index in [0.29, 0.717) is 44.4 Å². The van der Waals surface area contributed by atoms with Crippen molar-refractivity contribution in [2.45, 2.75) is 11.3 Å². The normalized spacial score (nSPS) is 15.4. The number of morpholine rings is 1. The predicted molar refractivity (Wildman–Crippen MR) is 106 cm³/mol. The Morgan fingerprint density at radius 3 is 2.59 bits per heavy atom. The Bertz CT molecular complexity index is 750. The van der Waals surface area contributed by atoms with Crippen LogP contribution in [0, 0.1) is 0 Å². The second-order valence-corrected chi connectivity index (χ2v) is 10.2. The molecule has 0 saturated carbocycles. The average molecular weight is 435 g/mol. The van der Waals surface area contributed by atoms with Gasteiger partial charge >= 0.3 is 5.97 Å². The fraction of sp³-hybridized carbons (Fsp3) is 0.500. The molecule has 0 bridgehead atoms. The number of hydrogen-bond donors (Lipinski definition) is 2. The topological polar surface area (TPSA) is 113 Å². The zero-order valence-corrected chi connectivity index (χ0v) is 17.1. The summed E-state index contributed by atoms with van der Waals surface area (Å²) >= 11 is 0. The summed E-state index contributed by atoms with van der Waals surface area (Å²) in [5.41, 5.74) is 0.285. The quantitative estimate of drug-likeness (QED) is 0.418. The molecular formula is C16H22N2O6S3. The van der Waals surface area contributed by atoms with Crippen LogP contribution >= 0.6 is 21.6 Å². The van der Waals surface area contributed by atoms with E-state index in [1.807, 2.05) is 0 Å². The number of ether oxygens (including phenoxy) is 1. The van der Waals surface area contributed by atoms with E-state index in [9.17, 15) is 18.0 Å². The largest absolute Gasteiger partial charge is 0.481 e. The summed E-state index contributed by atoms with van der Waals surface area (Å²) in [6.07, 6.45) is 0.106. The molecule has 1 saturated heterocycles. The minimum Gasteiger partial charge on any atom is -0.481 e. The van der Waals surface area contributed by atoms with E-state index in [4.69, 9.17) is 9.84 Å². The Morgan fingerprint density at radius 2 is 1.89 bits per heavy atom. The van der Waals surface area contributed by atoms with E-state index in [1.54, 1.807) is 12.1 Å². The van der Waals surface area contributed by atoms with E-state index in [1.165, 1.54) is 38.0 Å². The first kappa shape index (κ1) is 22.0. The molecule has 0 radical (unpaired) electrons. The second-order valence-electron chi connectivity index (χ2n) is 5.59. The van der Waals surface area contributed by atoms with Gasteiger partial charge in [-0.3, -0.25) is 9.59 Å². The number of aliphatic carboxylic acids is 1. The summed E-state index contributed by atoms with van der Waals surface area (Å²) in [5.74, 6) is -0.0366. The maximum absolute atomic E-state index is 12.7. The highest BCUT2D eigenvalue weighted by atomic mass is 33.1. The number of nitrogens with one attached hydrogen (secondary N) is 1. The van der Waals surface area contributed by atoms with Crippen LogP contribution < -0.4 is 5.32 Å². The lowest BCUT2D eigenvalue weighted by Gasteiger charge is -2.26. The Morgan fingerprint density at radius 1 is 1.19 bits per heavy atom. The molecule has 1 heterocycles. The lowest BCUT2D eigenvalue weighted by Crippen LogP contribution is -2.40. The lowest BCUT2D eigenvalue weighted by molar-refractivity contribution is -0.136. The maximum Gasteiger partial charge on any atom is 0.304 e. The van der Waals surface area contributed by atoms with Crippen molar-refractivity contribution in [2.75, 3.05) is 44.4 Å². The van der Waals surface area contributed by atoms with Crippen molar-refractivity contribution in [3.8, 4) is 0 Å². The molecule has 1 aliphatic rings. The van der Waals surface area contributed by atoms with E-state index in [-0.39, 0.29) is 22.8 Å². The van der Waals surface area contributed by atoms with Gasteiger partial charge in [-0.25, -0.2) is 8.42 Å². The molecule has 150 valence electrons. The van der Waals surface area contributed by atoms with Gasteiger partial charge in [-0.15, -0.1) is 0 Å². The van der Waals surface area contributed by atoms with Crippen LogP contribution in [0.25, 0.3) is 0 Å². The molecule has 2 rings (SSSR count). The van der Waals surface area contributed by atoms with Crippen LogP contribution in [0.15, 0.2) is 29.2 Å². The molecule has 0 aliphatic carbocycles. The van der Waals surface area contributed by atoms with Gasteiger partial charge in [0.1, 0.15) is 0 Å². The summed E-state index contributed by atoms with van der Waals surface area (Å²) < 4.78 is 31.9. The Labute approximate surface area is 166 Å². The van der Waals surface area contributed by atoms with E-state index >= 15 is 0 Å². The Kier molecular flexibility index (Phi) is 8.90. The first-order valence-corrected chi connectivity index (χ1v) is 12.3. The number of benzene rings is 1. The summed E-state index contributed by atoms with van der Waals surface area (Å²) in [6, 6.07) is 5.99. The smallest absolute Gasteiger partial charge is 0.304 e. The van der Waals surface area contributed by atoms with Gasteiger partial charge in [-0.05, 0) is 18.2 Å². The first-order chi connectivity index (χ1) is 12.9. The highest BCUT2D eigenvalue weighted by molar-refractivity contribution is 8.76. The number of nitrogens with zero attached hydrogens (tertiary/aromatic N) is 1. The van der Waals surface area contributed by atoms with Crippen LogP contribution in [0.2, 0.25) is 0 Å². The van der Waals surface area contributed by atoms with Crippen molar-refractivity contribution < 1.29 is 27.9 Å². The Hall–Kier alpha value is -1.27. The maximum atomic E-state index is 12.7. The monoisotopic (exact) mass is 434 g/mol. The van der Waals surface area contributed by atoms with Gasteiger partial charge in [0, 0.05) is 36.7 Å². The van der Waals surface area contributed by atoms with E-state index in [2.05, 4.69) is 5.32 Å². The van der Waals surface area contributed by atoms with Crippen molar-refractivity contribution in [3.05, 3.63) is 29.8 Å². The van der Waals surface area contributed by atoms with Gasteiger partial charge in [-0.1, -0.05) is 27.7 Å². The number of carboxylic acids is 1. The lowest BCUT2D eigenvalue weighted by atomic mass is 10.2. The molecule has 1 aromatic rings. The zero-order chi connectivity index (χ0) is 19.7. The highest BCUT2D eigenvalue weighted by Crippen LogP contribution is 2.21. The van der Waals surface area contributed by atoms with Crippen LogP contribution in [0.3, 0.4) is 0 Å². The number of carbonyl (C=O) groups is 2. The van der Waals surface area contributed by atoms with Crippen molar-refractivity contribution in [3.63, 3.8) is 0 Å². The third-order valence-corrected chi connectivity index (χ3v) is 7.96. The summed E-state index contributed by atoms with van der Waals surface area (Å²) in [7, 11) is -0.720. The molecule has 0 spiro atoms. The van der Waals surface area contributed by atoms with Gasteiger partial charge in [-0.2, -0.15) is 4.31 Å². The van der Waals surface area contributed by atoms with Crippen molar-refractivity contribution >= 4 is 43.5 Å². The predicted octanol–water partition coefficient (Wildman–Crippen LogP) is 1.29. The molecule has 0 unspecified atom stereocenters. The number of carboxylic acid groups (broad SMARTS) is 1. The SMILES string of the molecule is O=C(O)CCSSCCNC(=O)c1cccc(S(=O)(=O)N2CCOCC2)c1. The molecule has 0 aromatic heterocycles. The fourth-order valence-corrected chi connectivity index (χ4v) is 5.63. The minimum absolute atomic E-state index is 0.0932. The standard InChI is InChI=1S/C16H22N2O6S3/c19-15(20)4-10-25-26-11-5-17-16(21)13-2-1-3-14(12-13)27(22,23)18-6-8-24-9-7-18/h1-3,12H,4-11H2,(H,17,21)(H,19,20). The number of rotatable bonds is 10.